The van der Waals surface area contributed by atoms with Crippen molar-refractivity contribution >= 4 is 15.8 Å². The molecule has 2 aliphatic rings. The summed E-state index contributed by atoms with van der Waals surface area (Å²) in [4.78, 5) is 14.9. The minimum Gasteiger partial charge on any atom is -0.481 e. The lowest BCUT2D eigenvalue weighted by Gasteiger charge is -2.43. The van der Waals surface area contributed by atoms with Crippen LogP contribution in [0.2, 0.25) is 0 Å². The number of aromatic nitrogens is 1. The summed E-state index contributed by atoms with van der Waals surface area (Å²) < 4.78 is 29.4. The first-order valence-electron chi connectivity index (χ1n) is 7.66. The summed E-state index contributed by atoms with van der Waals surface area (Å²) in [5.74, 6) is 0.0869. The van der Waals surface area contributed by atoms with E-state index < -0.39 is 15.8 Å². The Labute approximate surface area is 135 Å². The monoisotopic (exact) mass is 343 g/mol. The summed E-state index contributed by atoms with van der Waals surface area (Å²) in [6.07, 6.45) is 0.0323. The first-order valence-corrected chi connectivity index (χ1v) is 9.49. The van der Waals surface area contributed by atoms with Crippen molar-refractivity contribution in [2.45, 2.75) is 32.0 Å². The standard InChI is InChI=1S/C14H21N3O5S/c1-10-6-11(22-15-10)7-17-5-4-16(3-2-14(18)19)12-8-23(20,21)9-13(12)17/h6,12-13H,2-5,7-9H2,1H3,(H,18,19)/t12-,13+/m1/s1. The van der Waals surface area contributed by atoms with Gasteiger partial charge in [-0.1, -0.05) is 5.16 Å². The number of nitrogens with zero attached hydrogens (tertiary/aromatic N) is 3. The van der Waals surface area contributed by atoms with Crippen LogP contribution in [0.25, 0.3) is 0 Å². The van der Waals surface area contributed by atoms with Gasteiger partial charge in [0, 0.05) is 37.8 Å². The number of hydrogen-bond donors (Lipinski definition) is 1. The number of piperazine rings is 1. The zero-order chi connectivity index (χ0) is 16.6. The van der Waals surface area contributed by atoms with Gasteiger partial charge in [0.05, 0.1) is 30.2 Å². The molecule has 1 aromatic rings. The Balaban J connectivity index is 1.74. The van der Waals surface area contributed by atoms with Gasteiger partial charge in [-0.3, -0.25) is 14.6 Å². The van der Waals surface area contributed by atoms with E-state index in [9.17, 15) is 13.2 Å². The van der Waals surface area contributed by atoms with Gasteiger partial charge in [0.25, 0.3) is 0 Å². The van der Waals surface area contributed by atoms with Gasteiger partial charge in [-0.15, -0.1) is 0 Å². The molecular formula is C14H21N3O5S. The lowest BCUT2D eigenvalue weighted by atomic mass is 10.0. The molecular weight excluding hydrogens is 322 g/mol. The maximum atomic E-state index is 12.1. The Morgan fingerprint density at radius 1 is 1.35 bits per heavy atom. The molecule has 0 saturated carbocycles. The van der Waals surface area contributed by atoms with Crippen molar-refractivity contribution in [2.75, 3.05) is 31.1 Å². The van der Waals surface area contributed by atoms with Gasteiger partial charge < -0.3 is 9.63 Å². The zero-order valence-electron chi connectivity index (χ0n) is 13.0. The van der Waals surface area contributed by atoms with E-state index in [2.05, 4.69) is 10.1 Å². The number of carbonyl (C=O) groups is 1. The summed E-state index contributed by atoms with van der Waals surface area (Å²) in [7, 11) is -3.10. The number of hydrogen-bond acceptors (Lipinski definition) is 7. The van der Waals surface area contributed by atoms with Crippen LogP contribution < -0.4 is 0 Å². The molecule has 0 bridgehead atoms. The molecule has 2 fully saturated rings. The van der Waals surface area contributed by atoms with Crippen LogP contribution in [0.5, 0.6) is 0 Å². The van der Waals surface area contributed by atoms with Crippen LogP contribution in [0, 0.1) is 6.92 Å². The number of rotatable bonds is 5. The van der Waals surface area contributed by atoms with Gasteiger partial charge in [0.15, 0.2) is 15.6 Å². The Kier molecular flexibility index (Phi) is 4.43. The highest BCUT2D eigenvalue weighted by molar-refractivity contribution is 7.91. The fraction of sp³-hybridized carbons (Fsp3) is 0.714. The van der Waals surface area contributed by atoms with Crippen LogP contribution in [0.1, 0.15) is 17.9 Å². The minimum absolute atomic E-state index is 0.0323. The van der Waals surface area contributed by atoms with E-state index in [4.69, 9.17) is 9.63 Å². The van der Waals surface area contributed by atoms with E-state index in [1.807, 2.05) is 17.9 Å². The second-order valence-electron chi connectivity index (χ2n) is 6.30. The van der Waals surface area contributed by atoms with Crippen LogP contribution in [0.4, 0.5) is 0 Å². The molecule has 3 rings (SSSR count). The van der Waals surface area contributed by atoms with Crippen LogP contribution in [-0.2, 0) is 21.2 Å². The molecule has 9 heteroatoms. The molecule has 0 spiro atoms. The van der Waals surface area contributed by atoms with E-state index >= 15 is 0 Å². The Hall–Kier alpha value is -1.45. The second kappa shape index (κ2) is 6.21. The molecule has 1 aromatic heterocycles. The van der Waals surface area contributed by atoms with Crippen molar-refractivity contribution in [3.63, 3.8) is 0 Å². The molecule has 2 aliphatic heterocycles. The number of carboxylic acids is 1. The van der Waals surface area contributed by atoms with Crippen molar-refractivity contribution in [1.29, 1.82) is 0 Å². The van der Waals surface area contributed by atoms with Gasteiger partial charge >= 0.3 is 5.97 Å². The van der Waals surface area contributed by atoms with Gasteiger partial charge in [0.2, 0.25) is 0 Å². The fourth-order valence-corrected chi connectivity index (χ4v) is 5.54. The normalized spacial score (nSPS) is 27.9. The van der Waals surface area contributed by atoms with Gasteiger partial charge in [-0.25, -0.2) is 8.42 Å². The molecule has 0 aromatic carbocycles. The minimum atomic E-state index is -3.10. The highest BCUT2D eigenvalue weighted by Gasteiger charge is 2.46. The third-order valence-corrected chi connectivity index (χ3v) is 6.25. The average molecular weight is 343 g/mol. The molecule has 1 N–H and O–H groups in total. The summed E-state index contributed by atoms with van der Waals surface area (Å²) in [6, 6.07) is 1.60. The van der Waals surface area contributed by atoms with Crippen molar-refractivity contribution < 1.29 is 22.8 Å². The number of fused-ring (bicyclic) bond motifs is 1. The van der Waals surface area contributed by atoms with Gasteiger partial charge in [0.1, 0.15) is 0 Å². The number of carboxylic acid groups (broad SMARTS) is 1. The SMILES string of the molecule is Cc1cc(CN2CCN(CCC(=O)O)[C@@H]3CS(=O)(=O)C[C@@H]32)on1. The maximum Gasteiger partial charge on any atom is 0.304 e. The van der Waals surface area contributed by atoms with Crippen molar-refractivity contribution in [3.8, 4) is 0 Å². The Bertz CT molecular complexity index is 686. The highest BCUT2D eigenvalue weighted by Crippen LogP contribution is 2.28. The fourth-order valence-electron chi connectivity index (χ4n) is 3.50. The lowest BCUT2D eigenvalue weighted by molar-refractivity contribution is -0.137. The average Bonchev–Trinajstić information content (AvgIpc) is 3.00. The second-order valence-corrected chi connectivity index (χ2v) is 8.45. The topological polar surface area (TPSA) is 104 Å². The molecule has 128 valence electrons. The summed E-state index contributed by atoms with van der Waals surface area (Å²) >= 11 is 0. The van der Waals surface area contributed by atoms with Crippen molar-refractivity contribution in [2.24, 2.45) is 0 Å². The van der Waals surface area contributed by atoms with E-state index in [1.54, 1.807) is 0 Å². The molecule has 23 heavy (non-hydrogen) atoms. The number of sulfone groups is 1. The first-order chi connectivity index (χ1) is 10.8. The van der Waals surface area contributed by atoms with Crippen LogP contribution in [-0.4, -0.2) is 77.7 Å². The van der Waals surface area contributed by atoms with E-state index in [-0.39, 0.29) is 30.0 Å². The van der Waals surface area contributed by atoms with Crippen LogP contribution in [0.15, 0.2) is 10.6 Å². The lowest BCUT2D eigenvalue weighted by Crippen LogP contribution is -2.58. The molecule has 3 heterocycles. The van der Waals surface area contributed by atoms with Crippen molar-refractivity contribution in [1.82, 2.24) is 15.0 Å². The molecule has 0 amide bonds. The number of aliphatic carboxylic acids is 1. The highest BCUT2D eigenvalue weighted by atomic mass is 32.2. The zero-order valence-corrected chi connectivity index (χ0v) is 13.8. The largest absolute Gasteiger partial charge is 0.481 e. The van der Waals surface area contributed by atoms with Crippen LogP contribution >= 0.6 is 0 Å². The van der Waals surface area contributed by atoms with Crippen molar-refractivity contribution in [3.05, 3.63) is 17.5 Å². The van der Waals surface area contributed by atoms with E-state index in [0.717, 1.165) is 11.5 Å². The van der Waals surface area contributed by atoms with E-state index in [1.165, 1.54) is 0 Å². The number of aryl methyl sites for hydroxylation is 1. The predicted octanol–water partition coefficient (Wildman–Crippen LogP) is -0.259. The predicted molar refractivity (Wildman–Crippen MR) is 81.7 cm³/mol. The maximum absolute atomic E-state index is 12.1. The summed E-state index contributed by atoms with van der Waals surface area (Å²) in [5.41, 5.74) is 0.802. The molecule has 8 nitrogen and oxygen atoms in total. The quantitative estimate of drug-likeness (QED) is 0.780. The van der Waals surface area contributed by atoms with Gasteiger partial charge in [-0.05, 0) is 6.92 Å². The Morgan fingerprint density at radius 3 is 2.61 bits per heavy atom. The molecule has 0 aliphatic carbocycles. The third-order valence-electron chi connectivity index (χ3n) is 4.55. The molecule has 2 saturated heterocycles. The van der Waals surface area contributed by atoms with Crippen LogP contribution in [0.3, 0.4) is 0 Å². The first kappa shape index (κ1) is 16.4. The smallest absolute Gasteiger partial charge is 0.304 e. The summed E-state index contributed by atoms with van der Waals surface area (Å²) in [5, 5.41) is 12.7. The third kappa shape index (κ3) is 3.73. The molecule has 0 radical (unpaired) electrons. The van der Waals surface area contributed by atoms with E-state index in [0.29, 0.717) is 26.2 Å². The molecule has 0 unspecified atom stereocenters. The Morgan fingerprint density at radius 2 is 2.00 bits per heavy atom. The summed E-state index contributed by atoms with van der Waals surface area (Å²) in [6.45, 7) is 4.12. The molecule has 2 atom stereocenters. The van der Waals surface area contributed by atoms with Gasteiger partial charge in [-0.2, -0.15) is 0 Å².